The number of hydrogen-bond donors (Lipinski definition) is 2. The fourth-order valence-electron chi connectivity index (χ4n) is 1.91. The maximum Gasteiger partial charge on any atom is 0.336 e. The van der Waals surface area contributed by atoms with Crippen LogP contribution in [0.25, 0.3) is 11.0 Å². The standard InChI is InChI=1S/C14H14N2O5/c1-2-8-5-13(18)21-11-6-9(3-4-10(8)11)20-7-12(17)16-14(15)19/h3-6H,2,7H2,1H3,(H3,15,16,17,19). The maximum atomic E-state index is 11.4. The zero-order valence-electron chi connectivity index (χ0n) is 11.3. The minimum atomic E-state index is -0.944. The molecule has 7 nitrogen and oxygen atoms in total. The van der Waals surface area contributed by atoms with Gasteiger partial charge in [0.2, 0.25) is 0 Å². The minimum Gasteiger partial charge on any atom is -0.484 e. The zero-order chi connectivity index (χ0) is 15.4. The van der Waals surface area contributed by atoms with Gasteiger partial charge in [-0.15, -0.1) is 0 Å². The quantitative estimate of drug-likeness (QED) is 0.813. The van der Waals surface area contributed by atoms with Gasteiger partial charge in [0, 0.05) is 17.5 Å². The number of urea groups is 1. The highest BCUT2D eigenvalue weighted by Gasteiger charge is 2.08. The molecule has 0 saturated carbocycles. The Hall–Kier alpha value is -2.83. The lowest BCUT2D eigenvalue weighted by molar-refractivity contribution is -0.121. The van der Waals surface area contributed by atoms with Crippen molar-refractivity contribution >= 4 is 22.9 Å². The van der Waals surface area contributed by atoms with E-state index in [0.717, 1.165) is 10.9 Å². The Balaban J connectivity index is 2.21. The number of nitrogens with one attached hydrogen (secondary N) is 1. The molecule has 0 saturated heterocycles. The fraction of sp³-hybridized carbons (Fsp3) is 0.214. The molecule has 0 atom stereocenters. The molecule has 1 aromatic carbocycles. The average molecular weight is 290 g/mol. The lowest BCUT2D eigenvalue weighted by Gasteiger charge is -2.07. The van der Waals surface area contributed by atoms with E-state index >= 15 is 0 Å². The summed E-state index contributed by atoms with van der Waals surface area (Å²) >= 11 is 0. The van der Waals surface area contributed by atoms with Gasteiger partial charge in [-0.1, -0.05) is 6.92 Å². The van der Waals surface area contributed by atoms with Gasteiger partial charge in [0.05, 0.1) is 0 Å². The number of carbonyl (C=O) groups excluding carboxylic acids is 2. The van der Waals surface area contributed by atoms with Crippen molar-refractivity contribution in [3.63, 3.8) is 0 Å². The third-order valence-electron chi connectivity index (χ3n) is 2.82. The summed E-state index contributed by atoms with van der Waals surface area (Å²) in [6.45, 7) is 1.57. The summed E-state index contributed by atoms with van der Waals surface area (Å²) in [5.41, 5.74) is 5.62. The lowest BCUT2D eigenvalue weighted by atomic mass is 10.1. The molecule has 3 N–H and O–H groups in total. The molecular formula is C14H14N2O5. The second kappa shape index (κ2) is 6.08. The molecule has 1 aromatic heterocycles. The molecule has 0 aliphatic rings. The van der Waals surface area contributed by atoms with Crippen molar-refractivity contribution in [1.82, 2.24) is 5.32 Å². The number of ether oxygens (including phenoxy) is 1. The van der Waals surface area contributed by atoms with E-state index in [1.807, 2.05) is 12.2 Å². The highest BCUT2D eigenvalue weighted by molar-refractivity contribution is 5.94. The van der Waals surface area contributed by atoms with E-state index in [-0.39, 0.29) is 6.61 Å². The number of primary amides is 1. The largest absolute Gasteiger partial charge is 0.484 e. The number of rotatable bonds is 4. The molecule has 0 bridgehead atoms. The van der Waals surface area contributed by atoms with Crippen molar-refractivity contribution in [2.75, 3.05) is 6.61 Å². The van der Waals surface area contributed by atoms with Crippen molar-refractivity contribution in [2.45, 2.75) is 13.3 Å². The van der Waals surface area contributed by atoms with Gasteiger partial charge in [-0.25, -0.2) is 9.59 Å². The molecule has 0 unspecified atom stereocenters. The Bertz CT molecular complexity index is 751. The SMILES string of the molecule is CCc1cc(=O)oc2cc(OCC(=O)NC(N)=O)ccc12. The molecule has 2 rings (SSSR count). The lowest BCUT2D eigenvalue weighted by Crippen LogP contribution is -2.38. The van der Waals surface area contributed by atoms with Gasteiger partial charge in [0.1, 0.15) is 11.3 Å². The molecule has 0 fully saturated rings. The topological polar surface area (TPSA) is 112 Å². The monoisotopic (exact) mass is 290 g/mol. The smallest absolute Gasteiger partial charge is 0.336 e. The van der Waals surface area contributed by atoms with Gasteiger partial charge < -0.3 is 14.9 Å². The molecule has 0 aliphatic heterocycles. The summed E-state index contributed by atoms with van der Waals surface area (Å²) in [5.74, 6) is -0.315. The molecule has 0 spiro atoms. The number of imide groups is 1. The minimum absolute atomic E-state index is 0.346. The number of fused-ring (bicyclic) bond motifs is 1. The Morgan fingerprint density at radius 1 is 1.33 bits per heavy atom. The van der Waals surface area contributed by atoms with Crippen molar-refractivity contribution in [1.29, 1.82) is 0 Å². The fourth-order valence-corrected chi connectivity index (χ4v) is 1.91. The first-order valence-electron chi connectivity index (χ1n) is 6.28. The van der Waals surface area contributed by atoms with E-state index in [9.17, 15) is 14.4 Å². The van der Waals surface area contributed by atoms with Crippen molar-refractivity contribution in [2.24, 2.45) is 5.73 Å². The van der Waals surface area contributed by atoms with Crippen LogP contribution in [-0.4, -0.2) is 18.5 Å². The Kier molecular flexibility index (Phi) is 4.22. The van der Waals surface area contributed by atoms with E-state index in [1.165, 1.54) is 12.1 Å². The summed E-state index contributed by atoms with van der Waals surface area (Å²) in [5, 5.41) is 2.69. The summed E-state index contributed by atoms with van der Waals surface area (Å²) in [4.78, 5) is 33.2. The van der Waals surface area contributed by atoms with Gasteiger partial charge in [0.25, 0.3) is 5.91 Å². The van der Waals surface area contributed by atoms with Crippen LogP contribution in [0, 0.1) is 0 Å². The third-order valence-corrected chi connectivity index (χ3v) is 2.82. The van der Waals surface area contributed by atoms with Gasteiger partial charge in [0.15, 0.2) is 6.61 Å². The Labute approximate surface area is 119 Å². The number of nitrogens with two attached hydrogens (primary N) is 1. The summed E-state index contributed by atoms with van der Waals surface area (Å²) in [6.07, 6.45) is 0.698. The van der Waals surface area contributed by atoms with E-state index in [2.05, 4.69) is 0 Å². The number of carbonyl (C=O) groups is 2. The predicted molar refractivity (Wildman–Crippen MR) is 75.1 cm³/mol. The molecule has 3 amide bonds. The van der Waals surface area contributed by atoms with Crippen LogP contribution in [0.1, 0.15) is 12.5 Å². The Morgan fingerprint density at radius 2 is 2.10 bits per heavy atom. The molecule has 2 aromatic rings. The predicted octanol–water partition coefficient (Wildman–Crippen LogP) is 0.929. The van der Waals surface area contributed by atoms with E-state index < -0.39 is 17.6 Å². The summed E-state index contributed by atoms with van der Waals surface area (Å²) < 4.78 is 10.3. The highest BCUT2D eigenvalue weighted by Crippen LogP contribution is 2.22. The van der Waals surface area contributed by atoms with Gasteiger partial charge in [-0.2, -0.15) is 0 Å². The van der Waals surface area contributed by atoms with Gasteiger partial charge in [-0.3, -0.25) is 10.1 Å². The number of amides is 3. The second-order valence-electron chi connectivity index (χ2n) is 4.30. The van der Waals surface area contributed by atoms with E-state index in [1.54, 1.807) is 12.1 Å². The molecule has 1 heterocycles. The molecular weight excluding hydrogens is 276 g/mol. The van der Waals surface area contributed by atoms with Crippen molar-refractivity contribution < 1.29 is 18.7 Å². The normalized spacial score (nSPS) is 10.3. The second-order valence-corrected chi connectivity index (χ2v) is 4.30. The highest BCUT2D eigenvalue weighted by atomic mass is 16.5. The van der Waals surface area contributed by atoms with E-state index in [4.69, 9.17) is 14.9 Å². The van der Waals surface area contributed by atoms with Crippen LogP contribution < -0.4 is 21.4 Å². The zero-order valence-corrected chi connectivity index (χ0v) is 11.3. The van der Waals surface area contributed by atoms with Crippen LogP contribution in [-0.2, 0) is 11.2 Å². The average Bonchev–Trinajstić information content (AvgIpc) is 2.43. The van der Waals surface area contributed by atoms with Crippen LogP contribution >= 0.6 is 0 Å². The van der Waals surface area contributed by atoms with Crippen LogP contribution in [0.5, 0.6) is 5.75 Å². The first-order chi connectivity index (χ1) is 9.99. The molecule has 110 valence electrons. The third kappa shape index (κ3) is 3.59. The van der Waals surface area contributed by atoms with Crippen LogP contribution in [0.2, 0.25) is 0 Å². The molecule has 0 radical (unpaired) electrons. The molecule has 7 heteroatoms. The van der Waals surface area contributed by atoms with Gasteiger partial charge in [-0.05, 0) is 24.1 Å². The first-order valence-corrected chi connectivity index (χ1v) is 6.28. The number of hydrogen-bond acceptors (Lipinski definition) is 5. The van der Waals surface area contributed by atoms with E-state index in [0.29, 0.717) is 17.8 Å². The molecule has 0 aliphatic carbocycles. The first kappa shape index (κ1) is 14.6. The van der Waals surface area contributed by atoms with Gasteiger partial charge >= 0.3 is 11.7 Å². The maximum absolute atomic E-state index is 11.4. The van der Waals surface area contributed by atoms with Crippen LogP contribution in [0.4, 0.5) is 4.79 Å². The van der Waals surface area contributed by atoms with Crippen molar-refractivity contribution in [3.05, 3.63) is 40.2 Å². The summed E-state index contributed by atoms with van der Waals surface area (Å²) in [7, 11) is 0. The number of benzene rings is 1. The number of aryl methyl sites for hydroxylation is 1. The van der Waals surface area contributed by atoms with Crippen LogP contribution in [0.3, 0.4) is 0 Å². The van der Waals surface area contributed by atoms with Crippen LogP contribution in [0.15, 0.2) is 33.5 Å². The molecule has 21 heavy (non-hydrogen) atoms. The summed E-state index contributed by atoms with van der Waals surface area (Å²) in [6, 6.07) is 5.43. The van der Waals surface area contributed by atoms with Crippen molar-refractivity contribution in [3.8, 4) is 5.75 Å². The Morgan fingerprint density at radius 3 is 2.76 bits per heavy atom.